The fourth-order valence-corrected chi connectivity index (χ4v) is 1.73. The molecule has 4 heteroatoms. The van der Waals surface area contributed by atoms with Crippen molar-refractivity contribution >= 4 is 21.9 Å². The highest BCUT2D eigenvalue weighted by atomic mass is 79.9. The van der Waals surface area contributed by atoms with Crippen molar-refractivity contribution in [3.8, 4) is 0 Å². The highest BCUT2D eigenvalue weighted by Gasteiger charge is 2.18. The van der Waals surface area contributed by atoms with Gasteiger partial charge in [-0.15, -0.1) is 0 Å². The molecule has 0 aliphatic carbocycles. The normalized spacial score (nSPS) is 12.4. The summed E-state index contributed by atoms with van der Waals surface area (Å²) in [4.78, 5) is 11.1. The molecule has 1 aromatic rings. The van der Waals surface area contributed by atoms with E-state index in [1.165, 1.54) is 0 Å². The number of carboxylic acids is 1. The number of carboxylic acid groups (broad SMARTS) is 1. The van der Waals surface area contributed by atoms with Crippen LogP contribution in [0.15, 0.2) is 22.7 Å². The number of benzene rings is 1. The second-order valence-electron chi connectivity index (χ2n) is 3.73. The molecule has 0 saturated carbocycles. The van der Waals surface area contributed by atoms with Crippen LogP contribution in [0.4, 0.5) is 0 Å². The molecule has 0 bridgehead atoms. The molecule has 0 heterocycles. The first-order valence-corrected chi connectivity index (χ1v) is 6.07. The monoisotopic (exact) mass is 285 g/mol. The molecule has 1 rings (SSSR count). The highest BCUT2D eigenvalue weighted by molar-refractivity contribution is 9.10. The van der Waals surface area contributed by atoms with E-state index in [4.69, 9.17) is 5.11 Å². The minimum Gasteiger partial charge on any atom is -0.480 e. The smallest absolute Gasteiger partial charge is 0.325 e. The summed E-state index contributed by atoms with van der Waals surface area (Å²) >= 11 is 3.40. The Bertz CT molecular complexity index is 379. The van der Waals surface area contributed by atoms with Crippen LogP contribution >= 0.6 is 15.9 Å². The second kappa shape index (κ2) is 6.01. The lowest BCUT2D eigenvalue weighted by Gasteiger charge is -2.15. The molecule has 0 spiro atoms. The molecule has 2 N–H and O–H groups in total. The second-order valence-corrected chi connectivity index (χ2v) is 4.59. The van der Waals surface area contributed by atoms with E-state index in [1.807, 2.05) is 32.0 Å². The molecule has 88 valence electrons. The standard InChI is InChI=1S/C12H16BrNO2/c1-3-6-14-11(12(15)16)9-4-5-10(13)8(2)7-9/h4-5,7,11,14H,3,6H2,1-2H3,(H,15,16). The SMILES string of the molecule is CCCNC(C(=O)O)c1ccc(Br)c(C)c1. The van der Waals surface area contributed by atoms with Crippen molar-refractivity contribution in [3.63, 3.8) is 0 Å². The van der Waals surface area contributed by atoms with Crippen LogP contribution in [0.2, 0.25) is 0 Å². The predicted octanol–water partition coefficient (Wildman–Crippen LogP) is 2.88. The summed E-state index contributed by atoms with van der Waals surface area (Å²) in [5.41, 5.74) is 1.84. The van der Waals surface area contributed by atoms with Gasteiger partial charge in [0.25, 0.3) is 0 Å². The van der Waals surface area contributed by atoms with Crippen LogP contribution in [-0.4, -0.2) is 17.6 Å². The van der Waals surface area contributed by atoms with E-state index in [0.717, 1.165) is 22.0 Å². The molecule has 1 aromatic carbocycles. The Morgan fingerprint density at radius 3 is 2.75 bits per heavy atom. The van der Waals surface area contributed by atoms with Gasteiger partial charge in [-0.05, 0) is 37.1 Å². The minimum absolute atomic E-state index is 0.619. The van der Waals surface area contributed by atoms with Gasteiger partial charge in [0, 0.05) is 4.47 Å². The topological polar surface area (TPSA) is 49.3 Å². The Balaban J connectivity index is 2.92. The van der Waals surface area contributed by atoms with Crippen molar-refractivity contribution in [1.29, 1.82) is 0 Å². The summed E-state index contributed by atoms with van der Waals surface area (Å²) in [6.45, 7) is 4.66. The molecule has 0 aromatic heterocycles. The van der Waals surface area contributed by atoms with Gasteiger partial charge in [-0.3, -0.25) is 4.79 Å². The molecule has 0 aliphatic rings. The van der Waals surface area contributed by atoms with Crippen molar-refractivity contribution < 1.29 is 9.90 Å². The van der Waals surface area contributed by atoms with Gasteiger partial charge in [0.05, 0.1) is 0 Å². The average molecular weight is 286 g/mol. The maximum atomic E-state index is 11.1. The number of nitrogens with one attached hydrogen (secondary N) is 1. The molecule has 1 unspecified atom stereocenters. The van der Waals surface area contributed by atoms with E-state index in [1.54, 1.807) is 0 Å². The first-order chi connectivity index (χ1) is 7.56. The summed E-state index contributed by atoms with van der Waals surface area (Å²) in [6.07, 6.45) is 0.916. The fraction of sp³-hybridized carbons (Fsp3) is 0.417. The molecular weight excluding hydrogens is 270 g/mol. The lowest BCUT2D eigenvalue weighted by molar-refractivity contribution is -0.139. The minimum atomic E-state index is -0.838. The predicted molar refractivity (Wildman–Crippen MR) is 67.5 cm³/mol. The van der Waals surface area contributed by atoms with Crippen molar-refractivity contribution in [2.24, 2.45) is 0 Å². The Kier molecular flexibility index (Phi) is 4.96. The lowest BCUT2D eigenvalue weighted by Crippen LogP contribution is -2.29. The van der Waals surface area contributed by atoms with Crippen LogP contribution in [0, 0.1) is 6.92 Å². The summed E-state index contributed by atoms with van der Waals surface area (Å²) in [5.74, 6) is -0.838. The molecule has 16 heavy (non-hydrogen) atoms. The van der Waals surface area contributed by atoms with Gasteiger partial charge in [0.1, 0.15) is 6.04 Å². The summed E-state index contributed by atoms with van der Waals surface area (Å²) in [6, 6.07) is 4.99. The molecule has 0 saturated heterocycles. The van der Waals surface area contributed by atoms with Crippen LogP contribution in [0.3, 0.4) is 0 Å². The fourth-order valence-electron chi connectivity index (χ4n) is 1.48. The number of halogens is 1. The number of aryl methyl sites for hydroxylation is 1. The van der Waals surface area contributed by atoms with Gasteiger partial charge in [-0.25, -0.2) is 0 Å². The van der Waals surface area contributed by atoms with Gasteiger partial charge in [-0.1, -0.05) is 35.0 Å². The van der Waals surface area contributed by atoms with Crippen molar-refractivity contribution in [2.75, 3.05) is 6.54 Å². The summed E-state index contributed by atoms with van der Waals surface area (Å²) in [7, 11) is 0. The van der Waals surface area contributed by atoms with E-state index in [9.17, 15) is 4.79 Å². The van der Waals surface area contributed by atoms with Crippen molar-refractivity contribution in [2.45, 2.75) is 26.3 Å². The van der Waals surface area contributed by atoms with Gasteiger partial charge < -0.3 is 10.4 Å². The lowest BCUT2D eigenvalue weighted by atomic mass is 10.0. The summed E-state index contributed by atoms with van der Waals surface area (Å²) < 4.78 is 0.996. The van der Waals surface area contributed by atoms with E-state index >= 15 is 0 Å². The van der Waals surface area contributed by atoms with Gasteiger partial charge in [0.2, 0.25) is 0 Å². The third-order valence-corrected chi connectivity index (χ3v) is 3.25. The van der Waals surface area contributed by atoms with E-state index < -0.39 is 12.0 Å². The number of rotatable bonds is 5. The zero-order valence-corrected chi connectivity index (χ0v) is 11.0. The van der Waals surface area contributed by atoms with Crippen LogP contribution in [-0.2, 0) is 4.79 Å². The van der Waals surface area contributed by atoms with Gasteiger partial charge >= 0.3 is 5.97 Å². The maximum absolute atomic E-state index is 11.1. The Morgan fingerprint density at radius 1 is 1.56 bits per heavy atom. The Morgan fingerprint density at radius 2 is 2.25 bits per heavy atom. The third kappa shape index (κ3) is 3.32. The third-order valence-electron chi connectivity index (χ3n) is 2.36. The largest absolute Gasteiger partial charge is 0.480 e. The average Bonchev–Trinajstić information content (AvgIpc) is 2.23. The molecule has 0 aliphatic heterocycles. The zero-order valence-electron chi connectivity index (χ0n) is 9.46. The van der Waals surface area contributed by atoms with Crippen LogP contribution < -0.4 is 5.32 Å². The molecular formula is C12H16BrNO2. The number of hydrogen-bond acceptors (Lipinski definition) is 2. The van der Waals surface area contributed by atoms with Crippen LogP contribution in [0.1, 0.15) is 30.5 Å². The molecule has 1 atom stereocenters. The van der Waals surface area contributed by atoms with Crippen LogP contribution in [0.5, 0.6) is 0 Å². The first kappa shape index (κ1) is 13.2. The molecule has 0 amide bonds. The number of aliphatic carboxylic acids is 1. The Labute approximate surface area is 104 Å². The maximum Gasteiger partial charge on any atom is 0.325 e. The molecule has 0 radical (unpaired) electrons. The zero-order chi connectivity index (χ0) is 12.1. The van der Waals surface area contributed by atoms with E-state index in [-0.39, 0.29) is 0 Å². The number of hydrogen-bond donors (Lipinski definition) is 2. The van der Waals surface area contributed by atoms with Crippen LogP contribution in [0.25, 0.3) is 0 Å². The van der Waals surface area contributed by atoms with Crippen molar-refractivity contribution in [3.05, 3.63) is 33.8 Å². The molecule has 3 nitrogen and oxygen atoms in total. The van der Waals surface area contributed by atoms with E-state index in [0.29, 0.717) is 6.54 Å². The van der Waals surface area contributed by atoms with Gasteiger partial charge in [0.15, 0.2) is 0 Å². The Hall–Kier alpha value is -0.870. The van der Waals surface area contributed by atoms with Gasteiger partial charge in [-0.2, -0.15) is 0 Å². The quantitative estimate of drug-likeness (QED) is 0.875. The molecule has 0 fully saturated rings. The summed E-state index contributed by atoms with van der Waals surface area (Å²) in [5, 5.41) is 12.2. The first-order valence-electron chi connectivity index (χ1n) is 5.28. The highest BCUT2D eigenvalue weighted by Crippen LogP contribution is 2.21. The van der Waals surface area contributed by atoms with E-state index in [2.05, 4.69) is 21.2 Å². The number of carbonyl (C=O) groups is 1. The van der Waals surface area contributed by atoms with Crippen molar-refractivity contribution in [1.82, 2.24) is 5.32 Å².